The fraction of sp³-hybridized carbons (Fsp3) is 0.933. The lowest BCUT2D eigenvalue weighted by molar-refractivity contribution is -0.151. The van der Waals surface area contributed by atoms with Gasteiger partial charge >= 0.3 is 5.97 Å². The molecule has 3 heteroatoms. The van der Waals surface area contributed by atoms with E-state index in [2.05, 4.69) is 32.7 Å². The maximum atomic E-state index is 11.7. The molecular formula is C15H29NO2. The summed E-state index contributed by atoms with van der Waals surface area (Å²) in [6.07, 6.45) is 6.21. The van der Waals surface area contributed by atoms with Gasteiger partial charge in [0.15, 0.2) is 0 Å². The molecule has 0 aromatic carbocycles. The first kappa shape index (κ1) is 15.5. The quantitative estimate of drug-likeness (QED) is 0.766. The molecule has 0 amide bonds. The number of aliphatic carboxylic acids is 1. The van der Waals surface area contributed by atoms with E-state index in [0.717, 1.165) is 25.7 Å². The lowest BCUT2D eigenvalue weighted by Gasteiger charge is -2.37. The fourth-order valence-corrected chi connectivity index (χ4v) is 2.98. The van der Waals surface area contributed by atoms with Gasteiger partial charge in [-0.05, 0) is 32.7 Å². The van der Waals surface area contributed by atoms with E-state index < -0.39 is 11.4 Å². The van der Waals surface area contributed by atoms with Gasteiger partial charge in [0.25, 0.3) is 0 Å². The third kappa shape index (κ3) is 3.71. The van der Waals surface area contributed by atoms with Crippen LogP contribution in [0.3, 0.4) is 0 Å². The maximum absolute atomic E-state index is 11.7. The molecule has 1 N–H and O–H groups in total. The summed E-state index contributed by atoms with van der Waals surface area (Å²) in [4.78, 5) is 14.0. The van der Waals surface area contributed by atoms with Crippen LogP contribution < -0.4 is 0 Å². The van der Waals surface area contributed by atoms with Crippen LogP contribution in [0.2, 0.25) is 0 Å². The topological polar surface area (TPSA) is 40.5 Å². The van der Waals surface area contributed by atoms with E-state index in [1.807, 2.05) is 0 Å². The highest BCUT2D eigenvalue weighted by atomic mass is 16.4. The van der Waals surface area contributed by atoms with Crippen molar-refractivity contribution in [1.29, 1.82) is 0 Å². The summed E-state index contributed by atoms with van der Waals surface area (Å²) >= 11 is 0. The summed E-state index contributed by atoms with van der Waals surface area (Å²) in [5.74, 6) is -0.0289. The number of hydrogen-bond acceptors (Lipinski definition) is 2. The van der Waals surface area contributed by atoms with Gasteiger partial charge in [0, 0.05) is 12.6 Å². The van der Waals surface area contributed by atoms with Gasteiger partial charge < -0.3 is 10.0 Å². The van der Waals surface area contributed by atoms with Crippen molar-refractivity contribution in [3.8, 4) is 0 Å². The molecule has 1 saturated carbocycles. The second kappa shape index (κ2) is 6.55. The third-order valence-electron chi connectivity index (χ3n) is 4.73. The average Bonchev–Trinajstić information content (AvgIpc) is 2.54. The molecule has 3 nitrogen and oxygen atoms in total. The van der Waals surface area contributed by atoms with Crippen molar-refractivity contribution in [1.82, 2.24) is 4.90 Å². The molecule has 0 aromatic rings. The predicted octanol–water partition coefficient (Wildman–Crippen LogP) is 3.39. The van der Waals surface area contributed by atoms with Crippen molar-refractivity contribution in [3.05, 3.63) is 0 Å². The number of carboxylic acid groups (broad SMARTS) is 1. The Morgan fingerprint density at radius 2 is 1.67 bits per heavy atom. The molecular weight excluding hydrogens is 226 g/mol. The van der Waals surface area contributed by atoms with Crippen LogP contribution in [0.1, 0.15) is 59.3 Å². The summed E-state index contributed by atoms with van der Waals surface area (Å²) < 4.78 is 0. The van der Waals surface area contributed by atoms with Crippen molar-refractivity contribution in [2.45, 2.75) is 65.3 Å². The number of rotatable bonds is 5. The minimum Gasteiger partial charge on any atom is -0.481 e. The summed E-state index contributed by atoms with van der Waals surface area (Å²) in [6.45, 7) is 7.28. The minimum absolute atomic E-state index is 0.435. The van der Waals surface area contributed by atoms with Gasteiger partial charge in [-0.1, -0.05) is 39.5 Å². The Morgan fingerprint density at radius 1 is 1.17 bits per heavy atom. The van der Waals surface area contributed by atoms with Gasteiger partial charge in [0.2, 0.25) is 0 Å². The highest BCUT2D eigenvalue weighted by Gasteiger charge is 2.40. The van der Waals surface area contributed by atoms with Gasteiger partial charge in [-0.2, -0.15) is 0 Å². The van der Waals surface area contributed by atoms with Crippen molar-refractivity contribution >= 4 is 5.97 Å². The van der Waals surface area contributed by atoms with E-state index in [9.17, 15) is 9.90 Å². The van der Waals surface area contributed by atoms with Gasteiger partial charge in [-0.25, -0.2) is 0 Å². The standard InChI is InChI=1S/C15H29NO2/c1-12(2)13(3)16(4)11-15(14(17)18)9-7-5-6-8-10-15/h12-13H,5-11H2,1-4H3,(H,17,18). The second-order valence-electron chi connectivity index (χ2n) is 6.40. The van der Waals surface area contributed by atoms with Crippen LogP contribution in [0, 0.1) is 11.3 Å². The SMILES string of the molecule is CC(C)C(C)N(C)CC1(C(=O)O)CCCCCC1. The Balaban J connectivity index is 2.75. The molecule has 1 rings (SSSR count). The van der Waals surface area contributed by atoms with Crippen molar-refractivity contribution < 1.29 is 9.90 Å². The monoisotopic (exact) mass is 255 g/mol. The van der Waals surface area contributed by atoms with E-state index >= 15 is 0 Å². The Bertz CT molecular complexity index is 268. The molecule has 0 aromatic heterocycles. The molecule has 0 radical (unpaired) electrons. The van der Waals surface area contributed by atoms with Gasteiger partial charge in [-0.15, -0.1) is 0 Å². The van der Waals surface area contributed by atoms with E-state index in [1.165, 1.54) is 12.8 Å². The molecule has 0 spiro atoms. The number of carbonyl (C=O) groups is 1. The minimum atomic E-state index is -0.591. The fourth-order valence-electron chi connectivity index (χ4n) is 2.98. The maximum Gasteiger partial charge on any atom is 0.310 e. The zero-order valence-corrected chi connectivity index (χ0v) is 12.4. The Hall–Kier alpha value is -0.570. The first-order valence-corrected chi connectivity index (χ1v) is 7.33. The Morgan fingerprint density at radius 3 is 2.06 bits per heavy atom. The molecule has 0 aliphatic heterocycles. The van der Waals surface area contributed by atoms with Crippen molar-refractivity contribution in [3.63, 3.8) is 0 Å². The molecule has 1 aliphatic rings. The van der Waals surface area contributed by atoms with Crippen LogP contribution in [-0.2, 0) is 4.79 Å². The molecule has 0 heterocycles. The van der Waals surface area contributed by atoms with E-state index in [1.54, 1.807) is 0 Å². The molecule has 0 saturated heterocycles. The predicted molar refractivity (Wildman–Crippen MR) is 74.7 cm³/mol. The zero-order valence-electron chi connectivity index (χ0n) is 12.4. The van der Waals surface area contributed by atoms with Crippen molar-refractivity contribution in [2.75, 3.05) is 13.6 Å². The first-order valence-electron chi connectivity index (χ1n) is 7.33. The first-order chi connectivity index (χ1) is 8.39. The molecule has 1 aliphatic carbocycles. The second-order valence-corrected chi connectivity index (χ2v) is 6.40. The van der Waals surface area contributed by atoms with Crippen LogP contribution in [0.5, 0.6) is 0 Å². The third-order valence-corrected chi connectivity index (χ3v) is 4.73. The number of hydrogen-bond donors (Lipinski definition) is 1. The van der Waals surface area contributed by atoms with Gasteiger partial charge in [0.05, 0.1) is 5.41 Å². The van der Waals surface area contributed by atoms with E-state index in [4.69, 9.17) is 0 Å². The number of carboxylic acids is 1. The summed E-state index contributed by atoms with van der Waals surface area (Å²) in [6, 6.07) is 0.435. The van der Waals surface area contributed by atoms with Crippen LogP contribution in [0.4, 0.5) is 0 Å². The van der Waals surface area contributed by atoms with Gasteiger partial charge in [0.1, 0.15) is 0 Å². The van der Waals surface area contributed by atoms with Crippen LogP contribution >= 0.6 is 0 Å². The summed E-state index contributed by atoms with van der Waals surface area (Å²) in [5.41, 5.74) is -0.506. The zero-order chi connectivity index (χ0) is 13.8. The largest absolute Gasteiger partial charge is 0.481 e. The van der Waals surface area contributed by atoms with Gasteiger partial charge in [-0.3, -0.25) is 4.79 Å². The Labute approximate surface area is 112 Å². The van der Waals surface area contributed by atoms with E-state index in [-0.39, 0.29) is 0 Å². The smallest absolute Gasteiger partial charge is 0.310 e. The lowest BCUT2D eigenvalue weighted by atomic mass is 9.79. The highest BCUT2D eigenvalue weighted by molar-refractivity contribution is 5.75. The lowest BCUT2D eigenvalue weighted by Crippen LogP contribution is -2.45. The van der Waals surface area contributed by atoms with Crippen molar-refractivity contribution in [2.24, 2.45) is 11.3 Å². The average molecular weight is 255 g/mol. The molecule has 1 atom stereocenters. The van der Waals surface area contributed by atoms with Crippen LogP contribution in [0.15, 0.2) is 0 Å². The summed E-state index contributed by atoms with van der Waals surface area (Å²) in [7, 11) is 2.07. The normalized spacial score (nSPS) is 21.9. The molecule has 0 bridgehead atoms. The highest BCUT2D eigenvalue weighted by Crippen LogP contribution is 2.36. The molecule has 18 heavy (non-hydrogen) atoms. The van der Waals surface area contributed by atoms with E-state index in [0.29, 0.717) is 18.5 Å². The molecule has 1 fully saturated rings. The van der Waals surface area contributed by atoms with Crippen LogP contribution in [0.25, 0.3) is 0 Å². The summed E-state index contributed by atoms with van der Waals surface area (Å²) in [5, 5.41) is 9.66. The molecule has 1 unspecified atom stereocenters. The number of nitrogens with zero attached hydrogens (tertiary/aromatic N) is 1. The van der Waals surface area contributed by atoms with Crippen LogP contribution in [-0.4, -0.2) is 35.6 Å². The Kier molecular flexibility index (Phi) is 5.64. The molecule has 106 valence electrons.